The van der Waals surface area contributed by atoms with Gasteiger partial charge in [-0.3, -0.25) is 0 Å². The van der Waals surface area contributed by atoms with Crippen LogP contribution in [0.15, 0.2) is 47.4 Å². The summed E-state index contributed by atoms with van der Waals surface area (Å²) in [7, 11) is -3.53. The van der Waals surface area contributed by atoms with Crippen molar-refractivity contribution in [3.8, 4) is 11.5 Å². The van der Waals surface area contributed by atoms with E-state index in [4.69, 9.17) is 9.47 Å². The van der Waals surface area contributed by atoms with Crippen LogP contribution in [0.5, 0.6) is 11.5 Å². The number of sulfonamides is 1. The molecule has 1 heterocycles. The number of nitrogens with one attached hydrogen (secondary N) is 1. The van der Waals surface area contributed by atoms with E-state index in [1.54, 1.807) is 24.3 Å². The van der Waals surface area contributed by atoms with Gasteiger partial charge in [-0.1, -0.05) is 31.5 Å². The maximum atomic E-state index is 12.3. The van der Waals surface area contributed by atoms with Crippen LogP contribution in [0.3, 0.4) is 0 Å². The lowest BCUT2D eigenvalue weighted by atomic mass is 10.1. The Labute approximate surface area is 136 Å². The molecule has 2 aromatic rings. The zero-order valence-corrected chi connectivity index (χ0v) is 13.7. The molecule has 6 heteroatoms. The zero-order valence-electron chi connectivity index (χ0n) is 12.9. The molecule has 1 aliphatic rings. The van der Waals surface area contributed by atoms with E-state index in [1.165, 1.54) is 0 Å². The molecule has 3 rings (SSSR count). The maximum absolute atomic E-state index is 12.3. The highest BCUT2D eigenvalue weighted by molar-refractivity contribution is 7.89. The van der Waals surface area contributed by atoms with Gasteiger partial charge in [0.05, 0.1) is 4.90 Å². The number of hydrogen-bond donors (Lipinski definition) is 1. The normalized spacial score (nSPS) is 13.3. The number of hydrogen-bond acceptors (Lipinski definition) is 4. The molecule has 0 amide bonds. The van der Waals surface area contributed by atoms with Crippen LogP contribution in [-0.2, 0) is 23.0 Å². The van der Waals surface area contributed by atoms with Crippen LogP contribution in [0.1, 0.15) is 24.5 Å². The van der Waals surface area contributed by atoms with Crippen LogP contribution in [0, 0.1) is 0 Å². The summed E-state index contributed by atoms with van der Waals surface area (Å²) in [4.78, 5) is 0.276. The molecular formula is C17H19NO4S. The highest BCUT2D eigenvalue weighted by atomic mass is 32.2. The van der Waals surface area contributed by atoms with E-state index in [2.05, 4.69) is 11.6 Å². The Morgan fingerprint density at radius 3 is 2.43 bits per heavy atom. The molecular weight excluding hydrogens is 314 g/mol. The molecule has 1 N–H and O–H groups in total. The van der Waals surface area contributed by atoms with Gasteiger partial charge in [0.15, 0.2) is 11.5 Å². The smallest absolute Gasteiger partial charge is 0.240 e. The van der Waals surface area contributed by atoms with Gasteiger partial charge in [-0.05, 0) is 41.8 Å². The number of fused-ring (bicyclic) bond motifs is 1. The predicted molar refractivity (Wildman–Crippen MR) is 87.0 cm³/mol. The Kier molecular flexibility index (Phi) is 4.54. The molecule has 0 saturated carbocycles. The molecule has 2 aromatic carbocycles. The number of rotatable bonds is 6. The molecule has 5 nitrogen and oxygen atoms in total. The third kappa shape index (κ3) is 3.65. The van der Waals surface area contributed by atoms with E-state index in [0.29, 0.717) is 11.5 Å². The summed E-state index contributed by atoms with van der Waals surface area (Å²) in [5.74, 6) is 1.33. The van der Waals surface area contributed by atoms with E-state index >= 15 is 0 Å². The Hall–Kier alpha value is -2.05. The van der Waals surface area contributed by atoms with E-state index in [0.717, 1.165) is 24.0 Å². The topological polar surface area (TPSA) is 64.6 Å². The highest BCUT2D eigenvalue weighted by Crippen LogP contribution is 2.32. The number of aryl methyl sites for hydroxylation is 1. The fourth-order valence-corrected chi connectivity index (χ4v) is 3.45. The van der Waals surface area contributed by atoms with Gasteiger partial charge >= 0.3 is 0 Å². The molecule has 0 atom stereocenters. The minimum atomic E-state index is -3.53. The summed E-state index contributed by atoms with van der Waals surface area (Å²) < 4.78 is 37.8. The third-order valence-corrected chi connectivity index (χ3v) is 5.09. The average Bonchev–Trinajstić information content (AvgIpc) is 3.01. The fraction of sp³-hybridized carbons (Fsp3) is 0.294. The Bertz CT molecular complexity index is 785. The van der Waals surface area contributed by atoms with E-state index in [1.807, 2.05) is 18.2 Å². The van der Waals surface area contributed by atoms with E-state index < -0.39 is 10.0 Å². The van der Waals surface area contributed by atoms with Crippen molar-refractivity contribution in [1.82, 2.24) is 4.72 Å². The molecule has 0 spiro atoms. The van der Waals surface area contributed by atoms with Gasteiger partial charge in [0.1, 0.15) is 0 Å². The van der Waals surface area contributed by atoms with Gasteiger partial charge in [-0.15, -0.1) is 0 Å². The summed E-state index contributed by atoms with van der Waals surface area (Å²) >= 11 is 0. The monoisotopic (exact) mass is 333 g/mol. The number of ether oxygens (including phenoxy) is 2. The molecule has 0 fully saturated rings. The van der Waals surface area contributed by atoms with Crippen LogP contribution in [0.2, 0.25) is 0 Å². The van der Waals surface area contributed by atoms with Gasteiger partial charge in [0.2, 0.25) is 16.8 Å². The molecule has 0 radical (unpaired) electrons. The van der Waals surface area contributed by atoms with Crippen LogP contribution in [0.4, 0.5) is 0 Å². The quantitative estimate of drug-likeness (QED) is 0.883. The summed E-state index contributed by atoms with van der Waals surface area (Å²) in [5.41, 5.74) is 1.96. The Balaban J connectivity index is 1.68. The lowest BCUT2D eigenvalue weighted by molar-refractivity contribution is 0.174. The second-order valence-corrected chi connectivity index (χ2v) is 7.17. The van der Waals surface area contributed by atoms with Crippen molar-refractivity contribution in [2.75, 3.05) is 6.79 Å². The molecule has 0 aromatic heterocycles. The van der Waals surface area contributed by atoms with Crippen LogP contribution < -0.4 is 14.2 Å². The van der Waals surface area contributed by atoms with Crippen LogP contribution in [0.25, 0.3) is 0 Å². The Morgan fingerprint density at radius 1 is 1.00 bits per heavy atom. The van der Waals surface area contributed by atoms with Crippen molar-refractivity contribution >= 4 is 10.0 Å². The summed E-state index contributed by atoms with van der Waals surface area (Å²) in [6.07, 6.45) is 1.99. The lowest BCUT2D eigenvalue weighted by Crippen LogP contribution is -2.23. The Morgan fingerprint density at radius 2 is 1.70 bits per heavy atom. The third-order valence-electron chi connectivity index (χ3n) is 3.68. The summed E-state index contributed by atoms with van der Waals surface area (Å²) in [6.45, 7) is 2.50. The van der Waals surface area contributed by atoms with Crippen molar-refractivity contribution in [3.05, 3.63) is 53.6 Å². The SMILES string of the molecule is CCCc1ccc(S(=O)(=O)NCc2ccc3c(c2)OCO3)cc1. The average molecular weight is 333 g/mol. The standard InChI is InChI=1S/C17H19NO4S/c1-2-3-13-4-7-15(8-5-13)23(19,20)18-11-14-6-9-16-17(10-14)22-12-21-16/h4-10,18H,2-3,11-12H2,1H3. The van der Waals surface area contributed by atoms with Gasteiger partial charge in [-0.2, -0.15) is 0 Å². The maximum Gasteiger partial charge on any atom is 0.240 e. The van der Waals surface area contributed by atoms with Crippen molar-refractivity contribution < 1.29 is 17.9 Å². The first-order valence-electron chi connectivity index (χ1n) is 7.55. The first kappa shape index (κ1) is 15.8. The van der Waals surface area contributed by atoms with E-state index in [9.17, 15) is 8.42 Å². The van der Waals surface area contributed by atoms with Crippen molar-refractivity contribution in [2.45, 2.75) is 31.2 Å². The predicted octanol–water partition coefficient (Wildman–Crippen LogP) is 2.85. The first-order chi connectivity index (χ1) is 11.1. The summed E-state index contributed by atoms with van der Waals surface area (Å²) in [5, 5.41) is 0. The van der Waals surface area contributed by atoms with Crippen molar-refractivity contribution in [2.24, 2.45) is 0 Å². The largest absolute Gasteiger partial charge is 0.454 e. The second-order valence-electron chi connectivity index (χ2n) is 5.41. The van der Waals surface area contributed by atoms with Crippen molar-refractivity contribution in [1.29, 1.82) is 0 Å². The molecule has 0 unspecified atom stereocenters. The van der Waals surface area contributed by atoms with Gasteiger partial charge < -0.3 is 9.47 Å². The molecule has 23 heavy (non-hydrogen) atoms. The summed E-state index contributed by atoms with van der Waals surface area (Å²) in [6, 6.07) is 12.4. The number of benzene rings is 2. The first-order valence-corrected chi connectivity index (χ1v) is 9.04. The minimum absolute atomic E-state index is 0.203. The molecule has 1 aliphatic heterocycles. The molecule has 0 bridgehead atoms. The van der Waals surface area contributed by atoms with Gasteiger partial charge in [0, 0.05) is 6.54 Å². The molecule has 122 valence electrons. The van der Waals surface area contributed by atoms with Gasteiger partial charge in [0.25, 0.3) is 0 Å². The molecule has 0 saturated heterocycles. The van der Waals surface area contributed by atoms with Gasteiger partial charge in [-0.25, -0.2) is 13.1 Å². The highest BCUT2D eigenvalue weighted by Gasteiger charge is 2.16. The second kappa shape index (κ2) is 6.60. The zero-order chi connectivity index (χ0) is 16.3. The molecule has 0 aliphatic carbocycles. The lowest BCUT2D eigenvalue weighted by Gasteiger charge is -2.08. The van der Waals surface area contributed by atoms with Crippen LogP contribution >= 0.6 is 0 Å². The fourth-order valence-electron chi connectivity index (χ4n) is 2.44. The minimum Gasteiger partial charge on any atom is -0.454 e. The van der Waals surface area contributed by atoms with E-state index in [-0.39, 0.29) is 18.2 Å². The van der Waals surface area contributed by atoms with Crippen LogP contribution in [-0.4, -0.2) is 15.2 Å². The van der Waals surface area contributed by atoms with Crippen molar-refractivity contribution in [3.63, 3.8) is 0 Å².